The Bertz CT molecular complexity index is 966. The fourth-order valence-corrected chi connectivity index (χ4v) is 2.69. The second-order valence-corrected chi connectivity index (χ2v) is 6.44. The minimum Gasteiger partial charge on any atom is -0.353 e. The molecule has 0 aliphatic rings. The monoisotopic (exact) mass is 378 g/mol. The third-order valence-corrected chi connectivity index (χ3v) is 4.38. The first-order valence-corrected chi connectivity index (χ1v) is 9.17. The lowest BCUT2D eigenvalue weighted by Crippen LogP contribution is -2.37. The van der Waals surface area contributed by atoms with Crippen LogP contribution < -0.4 is 10.6 Å². The second kappa shape index (κ2) is 8.98. The fraction of sp³-hybridized carbons (Fsp3) is 0.300. The van der Waals surface area contributed by atoms with E-state index >= 15 is 0 Å². The number of nitrogens with zero attached hydrogens (tertiary/aromatic N) is 6. The van der Waals surface area contributed by atoms with Crippen LogP contribution in [-0.2, 0) is 20.1 Å². The Morgan fingerprint density at radius 1 is 1.18 bits per heavy atom. The Morgan fingerprint density at radius 2 is 2.00 bits per heavy atom. The molecule has 0 radical (unpaired) electrons. The van der Waals surface area contributed by atoms with Crippen molar-refractivity contribution in [1.29, 1.82) is 0 Å². The van der Waals surface area contributed by atoms with Gasteiger partial charge < -0.3 is 15.2 Å². The zero-order chi connectivity index (χ0) is 19.9. The molecule has 28 heavy (non-hydrogen) atoms. The smallest absolute Gasteiger partial charge is 0.192 e. The minimum absolute atomic E-state index is 0.513. The highest BCUT2D eigenvalue weighted by molar-refractivity contribution is 5.79. The maximum atomic E-state index is 4.72. The van der Waals surface area contributed by atoms with Gasteiger partial charge in [-0.25, -0.2) is 9.67 Å². The molecule has 8 heteroatoms. The van der Waals surface area contributed by atoms with Crippen LogP contribution in [0.25, 0.3) is 5.69 Å². The van der Waals surface area contributed by atoms with Gasteiger partial charge in [0.05, 0.1) is 24.5 Å². The lowest BCUT2D eigenvalue weighted by molar-refractivity contribution is 0.721. The van der Waals surface area contributed by atoms with E-state index in [1.165, 1.54) is 0 Å². The van der Waals surface area contributed by atoms with Crippen molar-refractivity contribution < 1.29 is 0 Å². The van der Waals surface area contributed by atoms with E-state index in [1.807, 2.05) is 60.6 Å². The Hall–Kier alpha value is -3.42. The number of para-hydroxylation sites is 1. The molecule has 3 rings (SSSR count). The van der Waals surface area contributed by atoms with Crippen molar-refractivity contribution in [3.63, 3.8) is 0 Å². The number of aryl methyl sites for hydroxylation is 2. The topological polar surface area (TPSA) is 84.9 Å². The van der Waals surface area contributed by atoms with Gasteiger partial charge in [0, 0.05) is 19.8 Å². The van der Waals surface area contributed by atoms with Gasteiger partial charge in [-0.05, 0) is 31.5 Å². The maximum Gasteiger partial charge on any atom is 0.192 e. The summed E-state index contributed by atoms with van der Waals surface area (Å²) in [6, 6.07) is 10.1. The average Bonchev–Trinajstić information content (AvgIpc) is 3.27. The third kappa shape index (κ3) is 4.64. The van der Waals surface area contributed by atoms with E-state index in [2.05, 4.69) is 38.6 Å². The number of hydrogen-bond donors (Lipinski definition) is 2. The molecular weight excluding hydrogens is 352 g/mol. The zero-order valence-electron chi connectivity index (χ0n) is 16.6. The van der Waals surface area contributed by atoms with Crippen LogP contribution in [-0.4, -0.2) is 37.0 Å². The highest BCUT2D eigenvalue weighted by Gasteiger charge is 2.08. The van der Waals surface area contributed by atoms with Crippen LogP contribution in [0.1, 0.15) is 22.9 Å². The molecule has 0 spiro atoms. The molecule has 2 aromatic heterocycles. The van der Waals surface area contributed by atoms with Gasteiger partial charge in [-0.1, -0.05) is 24.3 Å². The molecule has 0 aliphatic carbocycles. The molecule has 0 unspecified atom stereocenters. The summed E-state index contributed by atoms with van der Waals surface area (Å²) < 4.78 is 3.83. The molecule has 1 aromatic carbocycles. The van der Waals surface area contributed by atoms with Crippen molar-refractivity contribution in [3.8, 4) is 5.69 Å². The van der Waals surface area contributed by atoms with Gasteiger partial charge in [0.2, 0.25) is 0 Å². The summed E-state index contributed by atoms with van der Waals surface area (Å²) in [4.78, 5) is 4.72. The Kier molecular flexibility index (Phi) is 6.21. The molecule has 0 saturated heterocycles. The van der Waals surface area contributed by atoms with Crippen molar-refractivity contribution in [1.82, 2.24) is 35.2 Å². The minimum atomic E-state index is 0.513. The van der Waals surface area contributed by atoms with Gasteiger partial charge in [-0.15, -0.1) is 16.8 Å². The lowest BCUT2D eigenvalue weighted by atomic mass is 10.2. The number of rotatable bonds is 7. The largest absolute Gasteiger partial charge is 0.353 e. The molecular formula is C20H26N8. The van der Waals surface area contributed by atoms with Crippen LogP contribution in [0.3, 0.4) is 0 Å². The lowest BCUT2D eigenvalue weighted by Gasteiger charge is -2.12. The molecule has 2 N–H and O–H groups in total. The summed E-state index contributed by atoms with van der Waals surface area (Å²) in [7, 11) is 1.95. The number of benzene rings is 1. The van der Waals surface area contributed by atoms with Crippen molar-refractivity contribution in [3.05, 3.63) is 72.1 Å². The maximum absolute atomic E-state index is 4.72. The highest BCUT2D eigenvalue weighted by atomic mass is 15.3. The number of nitrogens with one attached hydrogen (secondary N) is 2. The second-order valence-electron chi connectivity index (χ2n) is 6.44. The molecule has 0 bridgehead atoms. The van der Waals surface area contributed by atoms with Crippen LogP contribution in [0, 0.1) is 13.8 Å². The van der Waals surface area contributed by atoms with E-state index in [1.54, 1.807) is 6.08 Å². The van der Waals surface area contributed by atoms with Gasteiger partial charge >= 0.3 is 0 Å². The molecule has 0 aliphatic heterocycles. The molecule has 2 heterocycles. The molecule has 3 aromatic rings. The first-order chi connectivity index (χ1) is 13.6. The quantitative estimate of drug-likeness (QED) is 0.373. The first kappa shape index (κ1) is 19.3. The Balaban J connectivity index is 1.76. The van der Waals surface area contributed by atoms with Gasteiger partial charge in [0.1, 0.15) is 5.82 Å². The van der Waals surface area contributed by atoms with Crippen LogP contribution >= 0.6 is 0 Å². The van der Waals surface area contributed by atoms with Crippen molar-refractivity contribution in [2.75, 3.05) is 6.54 Å². The third-order valence-electron chi connectivity index (χ3n) is 4.38. The molecule has 8 nitrogen and oxygen atoms in total. The summed E-state index contributed by atoms with van der Waals surface area (Å²) in [6.45, 7) is 9.32. The summed E-state index contributed by atoms with van der Waals surface area (Å²) in [5.41, 5.74) is 3.08. The van der Waals surface area contributed by atoms with E-state index in [4.69, 9.17) is 4.99 Å². The summed E-state index contributed by atoms with van der Waals surface area (Å²) in [6.07, 6.45) is 3.76. The fourth-order valence-electron chi connectivity index (χ4n) is 2.69. The van der Waals surface area contributed by atoms with E-state index in [0.29, 0.717) is 25.6 Å². The summed E-state index contributed by atoms with van der Waals surface area (Å²) >= 11 is 0. The SMILES string of the molecule is C=CCNC(=NCc1ccccc1-n1ccc(C)n1)NCc1nnc(C)n1C. The molecule has 0 amide bonds. The number of guanidine groups is 1. The number of hydrogen-bond acceptors (Lipinski definition) is 4. The van der Waals surface area contributed by atoms with Crippen molar-refractivity contribution >= 4 is 5.96 Å². The predicted molar refractivity (Wildman–Crippen MR) is 110 cm³/mol. The van der Waals surface area contributed by atoms with Crippen LogP contribution in [0.5, 0.6) is 0 Å². The van der Waals surface area contributed by atoms with Crippen LogP contribution in [0.15, 0.2) is 54.2 Å². The van der Waals surface area contributed by atoms with E-state index in [9.17, 15) is 0 Å². The molecule has 146 valence electrons. The molecule has 0 atom stereocenters. The van der Waals surface area contributed by atoms with Gasteiger partial charge in [0.15, 0.2) is 11.8 Å². The van der Waals surface area contributed by atoms with Crippen molar-refractivity contribution in [2.24, 2.45) is 12.0 Å². The van der Waals surface area contributed by atoms with E-state index < -0.39 is 0 Å². The standard InChI is InChI=1S/C20H26N8/c1-5-11-21-20(23-14-19-25-24-16(3)27(19)4)22-13-17-8-6-7-9-18(17)28-12-10-15(2)26-28/h5-10,12H,1,11,13-14H2,2-4H3,(H2,21,22,23). The van der Waals surface area contributed by atoms with Gasteiger partial charge in [-0.3, -0.25) is 0 Å². The first-order valence-electron chi connectivity index (χ1n) is 9.17. The highest BCUT2D eigenvalue weighted by Crippen LogP contribution is 2.15. The van der Waals surface area contributed by atoms with E-state index in [0.717, 1.165) is 28.6 Å². The Morgan fingerprint density at radius 3 is 2.68 bits per heavy atom. The normalized spacial score (nSPS) is 11.5. The van der Waals surface area contributed by atoms with Gasteiger partial charge in [0.25, 0.3) is 0 Å². The summed E-state index contributed by atoms with van der Waals surface area (Å²) in [5.74, 6) is 2.41. The van der Waals surface area contributed by atoms with Crippen molar-refractivity contribution in [2.45, 2.75) is 26.9 Å². The number of aliphatic imine (C=N–C) groups is 1. The summed E-state index contributed by atoms with van der Waals surface area (Å²) in [5, 5.41) is 19.3. The van der Waals surface area contributed by atoms with Crippen LogP contribution in [0.4, 0.5) is 0 Å². The predicted octanol–water partition coefficient (Wildman–Crippen LogP) is 2.04. The average molecular weight is 378 g/mol. The zero-order valence-corrected chi connectivity index (χ0v) is 16.6. The van der Waals surface area contributed by atoms with E-state index in [-0.39, 0.29) is 0 Å². The van der Waals surface area contributed by atoms with Gasteiger partial charge in [-0.2, -0.15) is 5.10 Å². The molecule has 0 saturated carbocycles. The number of aromatic nitrogens is 5. The van der Waals surface area contributed by atoms with Crippen LogP contribution in [0.2, 0.25) is 0 Å². The Labute approximate surface area is 165 Å². The molecule has 0 fully saturated rings.